The summed E-state index contributed by atoms with van der Waals surface area (Å²) in [5, 5.41) is -0.161. The molecule has 1 aliphatic carbocycles. The zero-order valence-corrected chi connectivity index (χ0v) is 16.8. The van der Waals surface area contributed by atoms with Crippen molar-refractivity contribution < 1.29 is 23.9 Å². The number of carbonyl (C=O) groups is 3. The van der Waals surface area contributed by atoms with E-state index in [0.717, 1.165) is 18.9 Å². The maximum Gasteiger partial charge on any atom is 0.304 e. The molecule has 1 aliphatic heterocycles. The van der Waals surface area contributed by atoms with E-state index in [2.05, 4.69) is 19.9 Å². The number of ketones is 2. The van der Waals surface area contributed by atoms with Gasteiger partial charge >= 0.3 is 5.97 Å². The van der Waals surface area contributed by atoms with Gasteiger partial charge in [-0.05, 0) is 31.9 Å². The molecule has 0 N–H and O–H groups in total. The summed E-state index contributed by atoms with van der Waals surface area (Å²) in [7, 11) is 0. The number of esters is 1. The standard InChI is InChI=1S/C21H23ClO5/c1-6-12(2)9-13(3)7-8-15-10-16-17(11-26-15)19(24)21(5,27-14(4)23)20(25)18(16)22/h7-12H,6H2,1-5H3/t12?,21-/m1/s1. The molecule has 0 aromatic heterocycles. The van der Waals surface area contributed by atoms with Gasteiger partial charge in [-0.3, -0.25) is 14.4 Å². The number of Topliss-reactive ketones (excluding diaryl/α,β-unsaturated/α-hetero) is 2. The molecule has 0 spiro atoms. The largest absolute Gasteiger partial charge is 0.464 e. The van der Waals surface area contributed by atoms with Crippen LogP contribution in [0.15, 0.2) is 58.1 Å². The molecule has 0 aromatic carbocycles. The van der Waals surface area contributed by atoms with Gasteiger partial charge < -0.3 is 9.47 Å². The zero-order chi connectivity index (χ0) is 20.4. The van der Waals surface area contributed by atoms with E-state index in [1.165, 1.54) is 19.3 Å². The van der Waals surface area contributed by atoms with E-state index in [1.54, 1.807) is 6.08 Å². The van der Waals surface area contributed by atoms with Crippen LogP contribution in [0.5, 0.6) is 0 Å². The number of allylic oxidation sites excluding steroid dienone is 6. The highest BCUT2D eigenvalue weighted by molar-refractivity contribution is 6.49. The van der Waals surface area contributed by atoms with Crippen LogP contribution in [0, 0.1) is 5.92 Å². The summed E-state index contributed by atoms with van der Waals surface area (Å²) in [6.45, 7) is 8.60. The van der Waals surface area contributed by atoms with Gasteiger partial charge in [-0.15, -0.1) is 0 Å². The van der Waals surface area contributed by atoms with E-state index in [4.69, 9.17) is 21.1 Å². The van der Waals surface area contributed by atoms with Gasteiger partial charge in [0.2, 0.25) is 17.2 Å². The number of carbonyl (C=O) groups excluding carboxylic acids is 3. The van der Waals surface area contributed by atoms with E-state index in [0.29, 0.717) is 11.7 Å². The third-order valence-corrected chi connectivity index (χ3v) is 4.86. The predicted octanol–water partition coefficient (Wildman–Crippen LogP) is 4.30. The molecule has 0 saturated heterocycles. The minimum Gasteiger partial charge on any atom is -0.464 e. The quantitative estimate of drug-likeness (QED) is 0.397. The number of fused-ring (bicyclic) bond motifs is 1. The molecule has 2 atom stereocenters. The van der Waals surface area contributed by atoms with Crippen molar-refractivity contribution in [3.63, 3.8) is 0 Å². The second kappa shape index (κ2) is 8.09. The highest BCUT2D eigenvalue weighted by Gasteiger charge is 2.52. The number of halogens is 1. The SMILES string of the molecule is CCC(C)C=C(C)C=CC1=CC2=C(Cl)C(=O)[C@](C)(OC(C)=O)C(=O)C2=CO1. The molecule has 0 bridgehead atoms. The monoisotopic (exact) mass is 390 g/mol. The van der Waals surface area contributed by atoms with Gasteiger partial charge in [0.05, 0.1) is 10.6 Å². The molecule has 2 aliphatic rings. The Morgan fingerprint density at radius 3 is 2.59 bits per heavy atom. The molecule has 5 nitrogen and oxygen atoms in total. The minimum absolute atomic E-state index is 0.104. The first kappa shape index (κ1) is 20.9. The van der Waals surface area contributed by atoms with Crippen molar-refractivity contribution in [2.75, 3.05) is 0 Å². The van der Waals surface area contributed by atoms with E-state index in [9.17, 15) is 14.4 Å². The maximum atomic E-state index is 12.7. The van der Waals surface area contributed by atoms with Crippen LogP contribution in [0.2, 0.25) is 0 Å². The summed E-state index contributed by atoms with van der Waals surface area (Å²) in [6.07, 6.45) is 9.60. The van der Waals surface area contributed by atoms with E-state index < -0.39 is 23.1 Å². The lowest BCUT2D eigenvalue weighted by molar-refractivity contribution is -0.167. The first-order chi connectivity index (χ1) is 12.6. The van der Waals surface area contributed by atoms with Crippen LogP contribution in [0.3, 0.4) is 0 Å². The molecule has 0 fully saturated rings. The van der Waals surface area contributed by atoms with Gasteiger partial charge in [-0.2, -0.15) is 0 Å². The van der Waals surface area contributed by atoms with Crippen LogP contribution in [0.25, 0.3) is 0 Å². The Morgan fingerprint density at radius 2 is 2.00 bits per heavy atom. The van der Waals surface area contributed by atoms with Gasteiger partial charge in [-0.25, -0.2) is 0 Å². The average Bonchev–Trinajstić information content (AvgIpc) is 2.62. The molecule has 27 heavy (non-hydrogen) atoms. The lowest BCUT2D eigenvalue weighted by Gasteiger charge is -2.32. The van der Waals surface area contributed by atoms with Crippen molar-refractivity contribution in [2.24, 2.45) is 5.92 Å². The first-order valence-corrected chi connectivity index (χ1v) is 9.12. The van der Waals surface area contributed by atoms with E-state index >= 15 is 0 Å². The van der Waals surface area contributed by atoms with Crippen molar-refractivity contribution >= 4 is 29.1 Å². The Morgan fingerprint density at radius 1 is 1.33 bits per heavy atom. The molecule has 1 unspecified atom stereocenters. The average molecular weight is 391 g/mol. The summed E-state index contributed by atoms with van der Waals surface area (Å²) >= 11 is 6.20. The molecule has 0 radical (unpaired) electrons. The van der Waals surface area contributed by atoms with Crippen LogP contribution >= 0.6 is 11.6 Å². The van der Waals surface area contributed by atoms with E-state index in [-0.39, 0.29) is 16.2 Å². The number of hydrogen-bond acceptors (Lipinski definition) is 5. The molecular weight excluding hydrogens is 368 g/mol. The topological polar surface area (TPSA) is 69.7 Å². The van der Waals surface area contributed by atoms with Gasteiger partial charge in [0.25, 0.3) is 0 Å². The molecule has 144 valence electrons. The highest BCUT2D eigenvalue weighted by Crippen LogP contribution is 2.38. The fourth-order valence-corrected chi connectivity index (χ4v) is 3.13. The van der Waals surface area contributed by atoms with Gasteiger partial charge in [0.1, 0.15) is 12.0 Å². The van der Waals surface area contributed by atoms with Crippen LogP contribution in [0.1, 0.15) is 41.0 Å². The Balaban J connectivity index is 2.36. The van der Waals surface area contributed by atoms with Gasteiger partial charge in [0.15, 0.2) is 0 Å². The number of ether oxygens (including phenoxy) is 2. The predicted molar refractivity (Wildman–Crippen MR) is 103 cm³/mol. The second-order valence-corrected chi connectivity index (χ2v) is 7.22. The summed E-state index contributed by atoms with van der Waals surface area (Å²) in [6, 6.07) is 0. The van der Waals surface area contributed by atoms with Crippen LogP contribution < -0.4 is 0 Å². The van der Waals surface area contributed by atoms with Crippen LogP contribution in [0.4, 0.5) is 0 Å². The Kier molecular flexibility index (Phi) is 6.26. The third-order valence-electron chi connectivity index (χ3n) is 4.49. The highest BCUT2D eigenvalue weighted by atomic mass is 35.5. The molecule has 0 saturated carbocycles. The van der Waals surface area contributed by atoms with Crippen molar-refractivity contribution in [3.8, 4) is 0 Å². The lowest BCUT2D eigenvalue weighted by atomic mass is 9.80. The fourth-order valence-electron chi connectivity index (χ4n) is 2.80. The molecule has 6 heteroatoms. The second-order valence-electron chi connectivity index (χ2n) is 6.84. The molecule has 0 aromatic rings. The summed E-state index contributed by atoms with van der Waals surface area (Å²) < 4.78 is 10.5. The normalized spacial score (nSPS) is 24.3. The van der Waals surface area contributed by atoms with Gasteiger partial charge in [0, 0.05) is 12.5 Å². The molecule has 2 rings (SSSR count). The Bertz CT molecular complexity index is 841. The number of hydrogen-bond donors (Lipinski definition) is 0. The van der Waals surface area contributed by atoms with Crippen molar-refractivity contribution in [2.45, 2.75) is 46.6 Å². The smallest absolute Gasteiger partial charge is 0.304 e. The maximum absolute atomic E-state index is 12.7. The molecule has 0 amide bonds. The fraction of sp³-hybridized carbons (Fsp3) is 0.381. The summed E-state index contributed by atoms with van der Waals surface area (Å²) in [5.41, 5.74) is -0.529. The van der Waals surface area contributed by atoms with Crippen LogP contribution in [-0.2, 0) is 23.9 Å². The molecular formula is C21H23ClO5. The third kappa shape index (κ3) is 4.30. The van der Waals surface area contributed by atoms with Crippen molar-refractivity contribution in [1.29, 1.82) is 0 Å². The summed E-state index contributed by atoms with van der Waals surface area (Å²) in [4.78, 5) is 36.6. The van der Waals surface area contributed by atoms with Crippen LogP contribution in [-0.4, -0.2) is 23.1 Å². The first-order valence-electron chi connectivity index (χ1n) is 8.74. The zero-order valence-electron chi connectivity index (χ0n) is 16.1. The Labute approximate surface area is 164 Å². The van der Waals surface area contributed by atoms with E-state index in [1.807, 2.05) is 13.0 Å². The van der Waals surface area contributed by atoms with Gasteiger partial charge in [-0.1, -0.05) is 49.6 Å². The minimum atomic E-state index is -1.97. The number of rotatable bonds is 5. The van der Waals surface area contributed by atoms with Crippen molar-refractivity contribution in [1.82, 2.24) is 0 Å². The van der Waals surface area contributed by atoms with Crippen molar-refractivity contribution in [3.05, 3.63) is 58.1 Å². The lowest BCUT2D eigenvalue weighted by Crippen LogP contribution is -2.51. The summed E-state index contributed by atoms with van der Waals surface area (Å²) in [5.74, 6) is -1.24. The molecule has 1 heterocycles. The Hall–Kier alpha value is -2.40.